The Kier molecular flexibility index (Phi) is 3.35. The Labute approximate surface area is 123 Å². The van der Waals surface area contributed by atoms with Crippen LogP contribution in [0.2, 0.25) is 5.02 Å². The zero-order chi connectivity index (χ0) is 15.0. The average Bonchev–Trinajstić information content (AvgIpc) is 2.80. The standard InChI is InChI=1S/C15H9ClF2N2O/c16-12-4-2-1-3-11(12)13-14(20-21-15(13)19)8-5-9(17)7-10(18)6-8/h1-7H,19H2. The van der Waals surface area contributed by atoms with E-state index in [1.54, 1.807) is 24.3 Å². The molecule has 0 aliphatic carbocycles. The van der Waals surface area contributed by atoms with E-state index in [9.17, 15) is 8.78 Å². The molecule has 0 amide bonds. The van der Waals surface area contributed by atoms with E-state index >= 15 is 0 Å². The summed E-state index contributed by atoms with van der Waals surface area (Å²) < 4.78 is 31.7. The fraction of sp³-hybridized carbons (Fsp3) is 0. The quantitative estimate of drug-likeness (QED) is 0.757. The number of rotatable bonds is 2. The third kappa shape index (κ3) is 2.48. The van der Waals surface area contributed by atoms with Crippen LogP contribution in [0.5, 0.6) is 0 Å². The van der Waals surface area contributed by atoms with Gasteiger partial charge in [0.15, 0.2) is 0 Å². The van der Waals surface area contributed by atoms with Gasteiger partial charge in [0.1, 0.15) is 17.3 Å². The summed E-state index contributed by atoms with van der Waals surface area (Å²) in [5, 5.41) is 4.23. The maximum absolute atomic E-state index is 13.4. The molecule has 3 nitrogen and oxygen atoms in total. The molecule has 0 spiro atoms. The molecular formula is C15H9ClF2N2O. The number of benzene rings is 2. The normalized spacial score (nSPS) is 10.8. The molecule has 0 aliphatic rings. The molecule has 0 unspecified atom stereocenters. The molecule has 2 N–H and O–H groups in total. The second-order valence-electron chi connectivity index (χ2n) is 4.41. The zero-order valence-electron chi connectivity index (χ0n) is 10.6. The van der Waals surface area contributed by atoms with Gasteiger partial charge >= 0.3 is 0 Å². The van der Waals surface area contributed by atoms with E-state index < -0.39 is 11.6 Å². The molecule has 6 heteroatoms. The van der Waals surface area contributed by atoms with Crippen molar-refractivity contribution in [1.29, 1.82) is 0 Å². The van der Waals surface area contributed by atoms with Crippen molar-refractivity contribution in [2.45, 2.75) is 0 Å². The van der Waals surface area contributed by atoms with Crippen LogP contribution in [0, 0.1) is 11.6 Å². The average molecular weight is 307 g/mol. The van der Waals surface area contributed by atoms with Crippen LogP contribution < -0.4 is 5.73 Å². The van der Waals surface area contributed by atoms with Crippen LogP contribution in [-0.4, -0.2) is 5.16 Å². The van der Waals surface area contributed by atoms with Crippen LogP contribution in [0.4, 0.5) is 14.7 Å². The molecule has 0 radical (unpaired) electrons. The summed E-state index contributed by atoms with van der Waals surface area (Å²) in [4.78, 5) is 0. The number of nitrogens with zero attached hydrogens (tertiary/aromatic N) is 1. The third-order valence-electron chi connectivity index (χ3n) is 3.00. The molecule has 0 aliphatic heterocycles. The van der Waals surface area contributed by atoms with Gasteiger partial charge < -0.3 is 10.3 Å². The number of halogens is 3. The molecule has 0 fully saturated rings. The first-order valence-corrected chi connectivity index (χ1v) is 6.40. The molecule has 3 aromatic rings. The number of nitrogens with two attached hydrogens (primary N) is 1. The molecule has 106 valence electrons. The molecule has 2 aromatic carbocycles. The van der Waals surface area contributed by atoms with Gasteiger partial charge in [-0.3, -0.25) is 0 Å². The Morgan fingerprint density at radius 2 is 1.71 bits per heavy atom. The van der Waals surface area contributed by atoms with Crippen molar-refractivity contribution in [3.05, 3.63) is 59.1 Å². The molecule has 1 aromatic heterocycles. The lowest BCUT2D eigenvalue weighted by atomic mass is 10.0. The smallest absolute Gasteiger partial charge is 0.230 e. The molecule has 3 rings (SSSR count). The van der Waals surface area contributed by atoms with Crippen LogP contribution in [0.1, 0.15) is 0 Å². The highest BCUT2D eigenvalue weighted by Gasteiger charge is 2.20. The summed E-state index contributed by atoms with van der Waals surface area (Å²) in [6.45, 7) is 0. The van der Waals surface area contributed by atoms with E-state index in [1.807, 2.05) is 0 Å². The fourth-order valence-electron chi connectivity index (χ4n) is 2.11. The minimum atomic E-state index is -0.711. The fourth-order valence-corrected chi connectivity index (χ4v) is 2.34. The third-order valence-corrected chi connectivity index (χ3v) is 3.33. The largest absolute Gasteiger partial charge is 0.367 e. The molecule has 21 heavy (non-hydrogen) atoms. The lowest BCUT2D eigenvalue weighted by Gasteiger charge is -2.05. The second-order valence-corrected chi connectivity index (χ2v) is 4.82. The Bertz CT molecular complexity index is 797. The van der Waals surface area contributed by atoms with Gasteiger partial charge in [-0.05, 0) is 18.2 Å². The number of nitrogen functional groups attached to an aromatic ring is 1. The van der Waals surface area contributed by atoms with Crippen molar-refractivity contribution in [1.82, 2.24) is 5.16 Å². The predicted octanol–water partition coefficient (Wildman–Crippen LogP) is 4.52. The second kappa shape index (κ2) is 5.18. The first-order valence-electron chi connectivity index (χ1n) is 6.03. The monoisotopic (exact) mass is 306 g/mol. The van der Waals surface area contributed by atoms with E-state index in [-0.39, 0.29) is 17.1 Å². The minimum absolute atomic E-state index is 0.0303. The first kappa shape index (κ1) is 13.6. The number of hydrogen-bond donors (Lipinski definition) is 1. The van der Waals surface area contributed by atoms with Crippen molar-refractivity contribution in [2.75, 3.05) is 5.73 Å². The predicted molar refractivity (Wildman–Crippen MR) is 76.7 cm³/mol. The highest BCUT2D eigenvalue weighted by atomic mass is 35.5. The summed E-state index contributed by atoms with van der Waals surface area (Å²) in [6, 6.07) is 10.0. The summed E-state index contributed by atoms with van der Waals surface area (Å²) in [5.41, 5.74) is 7.23. The van der Waals surface area contributed by atoms with Gasteiger partial charge in [-0.1, -0.05) is 35.0 Å². The van der Waals surface area contributed by atoms with E-state index in [0.717, 1.165) is 18.2 Å². The van der Waals surface area contributed by atoms with Crippen LogP contribution in [0.25, 0.3) is 22.4 Å². The van der Waals surface area contributed by atoms with Crippen molar-refractivity contribution in [2.24, 2.45) is 0 Å². The number of aromatic nitrogens is 1. The van der Waals surface area contributed by atoms with Crippen LogP contribution in [-0.2, 0) is 0 Å². The Balaban J connectivity index is 2.24. The summed E-state index contributed by atoms with van der Waals surface area (Å²) in [5.74, 6) is -1.39. The number of anilines is 1. The Morgan fingerprint density at radius 3 is 2.38 bits per heavy atom. The maximum atomic E-state index is 13.4. The zero-order valence-corrected chi connectivity index (χ0v) is 11.4. The first-order chi connectivity index (χ1) is 10.1. The highest BCUT2D eigenvalue weighted by Crippen LogP contribution is 2.39. The van der Waals surface area contributed by atoms with E-state index in [0.29, 0.717) is 16.1 Å². The van der Waals surface area contributed by atoms with E-state index in [2.05, 4.69) is 5.16 Å². The highest BCUT2D eigenvalue weighted by molar-refractivity contribution is 6.33. The molecule has 0 bridgehead atoms. The van der Waals surface area contributed by atoms with Crippen molar-refractivity contribution in [3.63, 3.8) is 0 Å². The molecule has 0 saturated heterocycles. The van der Waals surface area contributed by atoms with Gasteiger partial charge in [-0.15, -0.1) is 0 Å². The summed E-state index contributed by atoms with van der Waals surface area (Å²) >= 11 is 6.14. The van der Waals surface area contributed by atoms with E-state index in [1.165, 1.54) is 0 Å². The topological polar surface area (TPSA) is 52.0 Å². The van der Waals surface area contributed by atoms with Crippen LogP contribution in [0.15, 0.2) is 47.0 Å². The van der Waals surface area contributed by atoms with Gasteiger partial charge in [0, 0.05) is 22.2 Å². The van der Waals surface area contributed by atoms with Gasteiger partial charge in [0.25, 0.3) is 0 Å². The lowest BCUT2D eigenvalue weighted by molar-refractivity contribution is 0.439. The van der Waals surface area contributed by atoms with Gasteiger partial charge in [-0.25, -0.2) is 8.78 Å². The molecule has 0 atom stereocenters. The molecule has 1 heterocycles. The lowest BCUT2D eigenvalue weighted by Crippen LogP contribution is -1.90. The van der Waals surface area contributed by atoms with Crippen LogP contribution >= 0.6 is 11.6 Å². The van der Waals surface area contributed by atoms with Crippen LogP contribution in [0.3, 0.4) is 0 Å². The molecular weight excluding hydrogens is 298 g/mol. The number of hydrogen-bond acceptors (Lipinski definition) is 3. The van der Waals surface area contributed by atoms with E-state index in [4.69, 9.17) is 21.9 Å². The van der Waals surface area contributed by atoms with Crippen molar-refractivity contribution >= 4 is 17.5 Å². The van der Waals surface area contributed by atoms with Gasteiger partial charge in [-0.2, -0.15) is 0 Å². The SMILES string of the molecule is Nc1onc(-c2cc(F)cc(F)c2)c1-c1ccccc1Cl. The Morgan fingerprint density at radius 1 is 1.05 bits per heavy atom. The van der Waals surface area contributed by atoms with Gasteiger partial charge in [0.2, 0.25) is 5.88 Å². The summed E-state index contributed by atoms with van der Waals surface area (Å²) in [6.07, 6.45) is 0. The minimum Gasteiger partial charge on any atom is -0.367 e. The molecule has 0 saturated carbocycles. The maximum Gasteiger partial charge on any atom is 0.230 e. The summed E-state index contributed by atoms with van der Waals surface area (Å²) in [7, 11) is 0. The Hall–Kier alpha value is -2.40. The van der Waals surface area contributed by atoms with Crippen molar-refractivity contribution < 1.29 is 13.3 Å². The van der Waals surface area contributed by atoms with Gasteiger partial charge in [0.05, 0.1) is 5.56 Å². The van der Waals surface area contributed by atoms with Crippen molar-refractivity contribution in [3.8, 4) is 22.4 Å².